The Morgan fingerprint density at radius 3 is 1.89 bits per heavy atom. The molecule has 44 heavy (non-hydrogen) atoms. The van der Waals surface area contributed by atoms with E-state index < -0.39 is 0 Å². The van der Waals surface area contributed by atoms with Gasteiger partial charge in [0, 0.05) is 5.41 Å². The summed E-state index contributed by atoms with van der Waals surface area (Å²) >= 11 is 1.55. The van der Waals surface area contributed by atoms with Crippen LogP contribution in [0.25, 0.3) is 22.3 Å². The van der Waals surface area contributed by atoms with Crippen molar-refractivity contribution in [1.29, 1.82) is 0 Å². The minimum atomic E-state index is 0. The number of hydrogen-bond donors (Lipinski definition) is 0. The van der Waals surface area contributed by atoms with Crippen LogP contribution in [0.1, 0.15) is 135 Å². The Hall–Kier alpha value is -1.27. The summed E-state index contributed by atoms with van der Waals surface area (Å²) < 4.78 is 1.51. The molecule has 0 spiro atoms. The summed E-state index contributed by atoms with van der Waals surface area (Å²) in [6.07, 6.45) is 22.2. The molecule has 0 aromatic heterocycles. The monoisotopic (exact) mass is 702 g/mol. The topological polar surface area (TPSA) is 0 Å². The van der Waals surface area contributed by atoms with Gasteiger partial charge in [-0.3, -0.25) is 12.2 Å². The second-order valence-corrected chi connectivity index (χ2v) is 17.5. The Labute approximate surface area is 296 Å². The van der Waals surface area contributed by atoms with E-state index in [1.165, 1.54) is 91.0 Å². The molecule has 1 unspecified atom stereocenters. The van der Waals surface area contributed by atoms with Crippen LogP contribution in [0.5, 0.6) is 0 Å². The fraction of sp³-hybridized carbons (Fsp3) is 0.488. The van der Waals surface area contributed by atoms with Gasteiger partial charge in [-0.05, 0) is 58.4 Å². The maximum Gasteiger partial charge on any atom is -1.00 e. The predicted octanol–water partition coefficient (Wildman–Crippen LogP) is 5.10. The number of benzene rings is 2. The predicted molar refractivity (Wildman–Crippen MR) is 179 cm³/mol. The van der Waals surface area contributed by atoms with Crippen LogP contribution in [0.4, 0.5) is 0 Å². The summed E-state index contributed by atoms with van der Waals surface area (Å²) in [5, 5.41) is 0. The summed E-state index contributed by atoms with van der Waals surface area (Å²) in [5.41, 5.74) is 16.6. The average Bonchev–Trinajstić information content (AvgIpc) is 3.60. The molecule has 7 rings (SSSR count). The van der Waals surface area contributed by atoms with Crippen LogP contribution in [0.2, 0.25) is 0 Å². The average molecular weight is 705 g/mol. The first-order valence-electron chi connectivity index (χ1n) is 16.1. The molecule has 1 atom stereocenters. The summed E-state index contributed by atoms with van der Waals surface area (Å²) in [6, 6.07) is 9.81. The van der Waals surface area contributed by atoms with Gasteiger partial charge in [-0.2, -0.15) is 17.2 Å². The van der Waals surface area contributed by atoms with Crippen LogP contribution in [-0.2, 0) is 41.5 Å². The molecule has 2 aromatic carbocycles. The van der Waals surface area contributed by atoms with Crippen LogP contribution in [0.3, 0.4) is 0 Å². The zero-order valence-electron chi connectivity index (χ0n) is 28.6. The van der Waals surface area contributed by atoms with Gasteiger partial charge in [0.2, 0.25) is 0 Å². The molecule has 0 nitrogen and oxygen atoms in total. The Balaban J connectivity index is 0.000000236. The molecule has 0 heterocycles. The van der Waals surface area contributed by atoms with Crippen molar-refractivity contribution in [3.8, 4) is 11.1 Å². The van der Waals surface area contributed by atoms with E-state index in [0.717, 1.165) is 6.42 Å². The molecule has 0 amide bonds. The van der Waals surface area contributed by atoms with Crippen molar-refractivity contribution >= 4 is 14.4 Å². The molecule has 0 N–H and O–H groups in total. The van der Waals surface area contributed by atoms with Crippen molar-refractivity contribution in [2.75, 3.05) is 0 Å². The molecule has 1 fully saturated rings. The first kappa shape index (κ1) is 37.2. The van der Waals surface area contributed by atoms with E-state index in [-0.39, 0.29) is 35.6 Å². The zero-order valence-corrected chi connectivity index (χ0v) is 32.6. The van der Waals surface area contributed by atoms with E-state index >= 15 is 0 Å². The number of hydrogen-bond acceptors (Lipinski definition) is 0. The fourth-order valence-corrected chi connectivity index (χ4v) is 7.86. The normalized spacial score (nSPS) is 21.7. The van der Waals surface area contributed by atoms with Gasteiger partial charge in [-0.15, -0.1) is 11.6 Å². The zero-order chi connectivity index (χ0) is 30.6. The van der Waals surface area contributed by atoms with Crippen molar-refractivity contribution in [2.24, 2.45) is 11.3 Å². The Bertz CT molecular complexity index is 1470. The van der Waals surface area contributed by atoms with Crippen LogP contribution in [0.15, 0.2) is 48.1 Å². The summed E-state index contributed by atoms with van der Waals surface area (Å²) in [4.78, 5) is 0. The molecule has 5 aliphatic rings. The third kappa shape index (κ3) is 7.32. The van der Waals surface area contributed by atoms with Crippen LogP contribution >= 0.6 is 0 Å². The van der Waals surface area contributed by atoms with E-state index in [0.29, 0.717) is 11.3 Å². The Morgan fingerprint density at radius 2 is 1.34 bits per heavy atom. The first-order valence-corrected chi connectivity index (χ1v) is 17.3. The van der Waals surface area contributed by atoms with Gasteiger partial charge in [0.05, 0.1) is 0 Å². The second kappa shape index (κ2) is 13.8. The quantitative estimate of drug-likeness (QED) is 0.310. The smallest absolute Gasteiger partial charge is 1.00 e. The third-order valence-corrected chi connectivity index (χ3v) is 10.0. The Kier molecular flexibility index (Phi) is 11.7. The fourth-order valence-electron chi connectivity index (χ4n) is 7.86. The van der Waals surface area contributed by atoms with Gasteiger partial charge in [-0.25, -0.2) is 11.6 Å². The summed E-state index contributed by atoms with van der Waals surface area (Å²) in [7, 11) is 0. The number of allylic oxidation sites excluding steroid dienone is 8. The Morgan fingerprint density at radius 1 is 0.795 bits per heavy atom. The van der Waals surface area contributed by atoms with E-state index in [2.05, 4.69) is 124 Å². The van der Waals surface area contributed by atoms with Gasteiger partial charge in [0.1, 0.15) is 0 Å². The number of halogens is 2. The maximum atomic E-state index is 3.65. The van der Waals surface area contributed by atoms with Gasteiger partial charge >= 0.3 is 41.3 Å². The van der Waals surface area contributed by atoms with Gasteiger partial charge in [0.15, 0.2) is 0 Å². The van der Waals surface area contributed by atoms with Crippen molar-refractivity contribution in [1.82, 2.24) is 0 Å². The maximum absolute atomic E-state index is 3.65. The molecule has 0 bridgehead atoms. The van der Waals surface area contributed by atoms with E-state index in [1.54, 1.807) is 29.8 Å². The summed E-state index contributed by atoms with van der Waals surface area (Å²) in [5.74, 6) is 0.550. The second-order valence-electron chi connectivity index (χ2n) is 15.1. The largest absolute Gasteiger partial charge is 1.00 e. The van der Waals surface area contributed by atoms with Crippen molar-refractivity contribution in [2.45, 2.75) is 119 Å². The standard InChI is InChI=1S/C25H25.C13H19.C3H6.2ClH.Zr/c1-14-12-24(3,4)22-8-16-7-17-9-23-19(15(2)13-25(23,5)6)11-21(17)20(16)10-18(14)22;1-11-6-7-12(10-11)13(2)8-4-3-5-9-13;1-3-2;;;/h8-12H,7H2,1-6H3;7,10-11H,3-5,8-9H2,1-2H3;1-2H3;2*1H;/q2*-1;;;;+2/p-2. The SMILES string of the molecule is CC1=[C-]C(C)(C)c2cc3c(cc21)-c1cc2c(cc1C3)C(C)(C)C=C2C.CC1[C-]=CC(C2(C)CCCCC2)=C1.C[C](C)=[Zr+2].[Cl-].[Cl-]. The number of fused-ring (bicyclic) bond motifs is 5. The molecule has 0 saturated heterocycles. The molecular formula is C41H50Cl2Zr-2. The van der Waals surface area contributed by atoms with Gasteiger partial charge in [0.25, 0.3) is 0 Å². The van der Waals surface area contributed by atoms with Gasteiger partial charge < -0.3 is 24.8 Å². The molecule has 0 radical (unpaired) electrons. The van der Waals surface area contributed by atoms with Crippen LogP contribution < -0.4 is 24.8 Å². The third-order valence-electron chi connectivity index (χ3n) is 10.0. The molecule has 5 aliphatic carbocycles. The molecule has 2 aromatic rings. The molecular weight excluding hydrogens is 655 g/mol. The van der Waals surface area contributed by atoms with Crippen molar-refractivity contribution in [3.05, 3.63) is 93.6 Å². The molecule has 0 aliphatic heterocycles. The van der Waals surface area contributed by atoms with Crippen molar-refractivity contribution < 1.29 is 49.0 Å². The summed E-state index contributed by atoms with van der Waals surface area (Å²) in [6.45, 7) is 22.6. The van der Waals surface area contributed by atoms with E-state index in [9.17, 15) is 0 Å². The van der Waals surface area contributed by atoms with E-state index in [4.69, 9.17) is 0 Å². The molecule has 3 heteroatoms. The number of rotatable bonds is 1. The van der Waals surface area contributed by atoms with Gasteiger partial charge in [-0.1, -0.05) is 116 Å². The minimum Gasteiger partial charge on any atom is -1.00 e. The van der Waals surface area contributed by atoms with Crippen LogP contribution in [-0.4, -0.2) is 3.21 Å². The van der Waals surface area contributed by atoms with Crippen molar-refractivity contribution in [3.63, 3.8) is 0 Å². The van der Waals surface area contributed by atoms with E-state index in [1.807, 2.05) is 0 Å². The minimum absolute atomic E-state index is 0. The first-order chi connectivity index (χ1) is 19.6. The molecule has 234 valence electrons. The molecule has 1 saturated carbocycles. The van der Waals surface area contributed by atoms with Crippen LogP contribution in [0, 0.1) is 23.5 Å².